The predicted molar refractivity (Wildman–Crippen MR) is 86.1 cm³/mol. The normalized spacial score (nSPS) is 32.1. The molecule has 0 bridgehead atoms. The van der Waals surface area contributed by atoms with Crippen molar-refractivity contribution in [3.8, 4) is 0 Å². The fraction of sp³-hybridized carbons (Fsp3) is 0.444. The van der Waals surface area contributed by atoms with Gasteiger partial charge >= 0.3 is 0 Å². The summed E-state index contributed by atoms with van der Waals surface area (Å²) in [5.74, 6) is 0.516. The summed E-state index contributed by atoms with van der Waals surface area (Å²) < 4.78 is 1.19. The monoisotopic (exact) mass is 330 g/mol. The molecule has 0 spiro atoms. The Hall–Kier alpha value is -0.860. The summed E-state index contributed by atoms with van der Waals surface area (Å²) in [5, 5.41) is 12.8. The maximum Gasteiger partial charge on any atom is 0.0551 e. The minimum absolute atomic E-state index is 0.124. The summed E-state index contributed by atoms with van der Waals surface area (Å²) >= 11 is 3.74. The Morgan fingerprint density at radius 2 is 2.00 bits per heavy atom. The Labute approximate surface area is 128 Å². The highest BCUT2D eigenvalue weighted by molar-refractivity contribution is 9.10. The van der Waals surface area contributed by atoms with E-state index in [1.165, 1.54) is 32.8 Å². The number of hydrogen-bond acceptors (Lipinski definition) is 1. The SMILES string of the molecule is C[C@@]12CCc3c(cc(Br)c4ccccc34)[C@H]1C[C@H](O)C2. The van der Waals surface area contributed by atoms with Gasteiger partial charge in [-0.2, -0.15) is 0 Å². The van der Waals surface area contributed by atoms with Crippen molar-refractivity contribution in [1.82, 2.24) is 0 Å². The van der Waals surface area contributed by atoms with Crippen molar-refractivity contribution < 1.29 is 5.11 Å². The van der Waals surface area contributed by atoms with E-state index in [9.17, 15) is 5.11 Å². The lowest BCUT2D eigenvalue weighted by atomic mass is 9.66. The summed E-state index contributed by atoms with van der Waals surface area (Å²) in [4.78, 5) is 0. The van der Waals surface area contributed by atoms with Gasteiger partial charge in [-0.15, -0.1) is 0 Å². The summed E-state index contributed by atoms with van der Waals surface area (Å²) in [6.07, 6.45) is 4.10. The molecule has 0 radical (unpaired) electrons. The molecule has 2 aromatic rings. The van der Waals surface area contributed by atoms with Crippen molar-refractivity contribution in [2.75, 3.05) is 0 Å². The molecule has 2 aliphatic carbocycles. The molecule has 2 heteroatoms. The molecule has 0 amide bonds. The zero-order valence-corrected chi connectivity index (χ0v) is 13.3. The van der Waals surface area contributed by atoms with E-state index >= 15 is 0 Å². The number of aliphatic hydroxyl groups is 1. The van der Waals surface area contributed by atoms with Crippen LogP contribution in [0.3, 0.4) is 0 Å². The first-order valence-electron chi connectivity index (χ1n) is 7.46. The first-order chi connectivity index (χ1) is 9.58. The number of benzene rings is 2. The topological polar surface area (TPSA) is 20.2 Å². The molecule has 3 atom stereocenters. The molecule has 2 aliphatic rings. The van der Waals surface area contributed by atoms with E-state index < -0.39 is 0 Å². The van der Waals surface area contributed by atoms with Crippen LogP contribution in [0.15, 0.2) is 34.8 Å². The van der Waals surface area contributed by atoms with Crippen molar-refractivity contribution in [3.63, 3.8) is 0 Å². The third kappa shape index (κ3) is 1.71. The van der Waals surface area contributed by atoms with Crippen molar-refractivity contribution in [3.05, 3.63) is 45.9 Å². The minimum atomic E-state index is -0.124. The van der Waals surface area contributed by atoms with Gasteiger partial charge in [-0.1, -0.05) is 47.1 Å². The molecule has 0 unspecified atom stereocenters. The number of rotatable bonds is 0. The second-order valence-electron chi connectivity index (χ2n) is 6.77. The average Bonchev–Trinajstić information content (AvgIpc) is 2.74. The third-order valence-corrected chi connectivity index (χ3v) is 6.17. The zero-order chi connectivity index (χ0) is 13.9. The summed E-state index contributed by atoms with van der Waals surface area (Å²) in [6, 6.07) is 11.0. The summed E-state index contributed by atoms with van der Waals surface area (Å²) in [5.41, 5.74) is 3.27. The van der Waals surface area contributed by atoms with Gasteiger partial charge in [0, 0.05) is 4.47 Å². The molecular formula is C18H19BrO. The van der Waals surface area contributed by atoms with Crippen LogP contribution < -0.4 is 0 Å². The zero-order valence-electron chi connectivity index (χ0n) is 11.7. The molecule has 1 fully saturated rings. The Morgan fingerprint density at radius 1 is 1.25 bits per heavy atom. The lowest BCUT2D eigenvalue weighted by molar-refractivity contribution is 0.159. The van der Waals surface area contributed by atoms with Crippen LogP contribution in [0.25, 0.3) is 10.8 Å². The predicted octanol–water partition coefficient (Wildman–Crippen LogP) is 4.79. The first-order valence-corrected chi connectivity index (χ1v) is 8.26. The van der Waals surface area contributed by atoms with E-state index in [1.54, 1.807) is 0 Å². The molecule has 2 aromatic carbocycles. The van der Waals surface area contributed by atoms with Gasteiger partial charge in [-0.25, -0.2) is 0 Å². The van der Waals surface area contributed by atoms with Crippen molar-refractivity contribution in [1.29, 1.82) is 0 Å². The molecule has 1 saturated carbocycles. The molecule has 20 heavy (non-hydrogen) atoms. The number of aliphatic hydroxyl groups excluding tert-OH is 1. The van der Waals surface area contributed by atoms with Crippen LogP contribution in [-0.2, 0) is 6.42 Å². The van der Waals surface area contributed by atoms with Crippen LogP contribution in [0.4, 0.5) is 0 Å². The van der Waals surface area contributed by atoms with E-state index in [0.29, 0.717) is 5.92 Å². The van der Waals surface area contributed by atoms with Crippen LogP contribution in [-0.4, -0.2) is 11.2 Å². The maximum atomic E-state index is 10.1. The molecule has 0 aromatic heterocycles. The summed E-state index contributed by atoms with van der Waals surface area (Å²) in [7, 11) is 0. The van der Waals surface area contributed by atoms with E-state index in [0.717, 1.165) is 19.3 Å². The van der Waals surface area contributed by atoms with E-state index in [1.807, 2.05) is 0 Å². The molecule has 4 rings (SSSR count). The smallest absolute Gasteiger partial charge is 0.0551 e. The quantitative estimate of drug-likeness (QED) is 0.736. The van der Waals surface area contributed by atoms with Gasteiger partial charge in [-0.3, -0.25) is 0 Å². The lowest BCUT2D eigenvalue weighted by Crippen LogP contribution is -2.26. The standard InChI is InChI=1S/C18H19BrO/c1-18-7-6-13-12-4-2-3-5-14(12)17(19)9-15(13)16(18)8-11(20)10-18/h2-5,9,11,16,20H,6-8,10H2,1H3/t11-,16+,18-/m0/s1. The van der Waals surface area contributed by atoms with E-state index in [-0.39, 0.29) is 11.5 Å². The Kier molecular flexibility index (Phi) is 2.77. The molecule has 0 aliphatic heterocycles. The largest absolute Gasteiger partial charge is 0.393 e. The van der Waals surface area contributed by atoms with Gasteiger partial charge in [0.1, 0.15) is 0 Å². The minimum Gasteiger partial charge on any atom is -0.393 e. The first kappa shape index (κ1) is 12.8. The second kappa shape index (κ2) is 4.32. The van der Waals surface area contributed by atoms with Gasteiger partial charge in [0.15, 0.2) is 0 Å². The van der Waals surface area contributed by atoms with Crippen LogP contribution in [0, 0.1) is 5.41 Å². The summed E-state index contributed by atoms with van der Waals surface area (Å²) in [6.45, 7) is 2.36. The Bertz CT molecular complexity index is 693. The van der Waals surface area contributed by atoms with Gasteiger partial charge < -0.3 is 5.11 Å². The highest BCUT2D eigenvalue weighted by Crippen LogP contribution is 2.56. The van der Waals surface area contributed by atoms with Gasteiger partial charge in [0.25, 0.3) is 0 Å². The van der Waals surface area contributed by atoms with Crippen LogP contribution >= 0.6 is 15.9 Å². The third-order valence-electron chi connectivity index (χ3n) is 5.51. The fourth-order valence-corrected chi connectivity index (χ4v) is 5.10. The number of hydrogen-bond donors (Lipinski definition) is 1. The number of fused-ring (bicyclic) bond motifs is 5. The van der Waals surface area contributed by atoms with E-state index in [2.05, 4.69) is 53.2 Å². The highest BCUT2D eigenvalue weighted by atomic mass is 79.9. The molecule has 0 saturated heterocycles. The van der Waals surface area contributed by atoms with Crippen LogP contribution in [0.1, 0.15) is 43.2 Å². The molecule has 104 valence electrons. The van der Waals surface area contributed by atoms with Crippen molar-refractivity contribution in [2.24, 2.45) is 5.41 Å². The van der Waals surface area contributed by atoms with E-state index in [4.69, 9.17) is 0 Å². The number of halogens is 1. The van der Waals surface area contributed by atoms with Crippen LogP contribution in [0.2, 0.25) is 0 Å². The highest BCUT2D eigenvalue weighted by Gasteiger charge is 2.47. The molecule has 0 heterocycles. The van der Waals surface area contributed by atoms with Gasteiger partial charge in [0.2, 0.25) is 0 Å². The second-order valence-corrected chi connectivity index (χ2v) is 7.63. The van der Waals surface area contributed by atoms with Crippen molar-refractivity contribution >= 4 is 26.7 Å². The lowest BCUT2D eigenvalue weighted by Gasteiger charge is -2.38. The Morgan fingerprint density at radius 3 is 2.80 bits per heavy atom. The molecule has 1 N–H and O–H groups in total. The Balaban J connectivity index is 1.98. The molecular weight excluding hydrogens is 312 g/mol. The van der Waals surface area contributed by atoms with Crippen LogP contribution in [0.5, 0.6) is 0 Å². The maximum absolute atomic E-state index is 10.1. The average molecular weight is 331 g/mol. The number of aryl methyl sites for hydroxylation is 1. The van der Waals surface area contributed by atoms with Crippen molar-refractivity contribution in [2.45, 2.75) is 44.6 Å². The molecule has 1 nitrogen and oxygen atoms in total. The fourth-order valence-electron chi connectivity index (χ4n) is 4.51. The van der Waals surface area contributed by atoms with Gasteiger partial charge in [-0.05, 0) is 65.0 Å². The van der Waals surface area contributed by atoms with Gasteiger partial charge in [0.05, 0.1) is 6.10 Å².